The number of carbonyl (C=O) groups is 3. The van der Waals surface area contributed by atoms with Crippen LogP contribution >= 0.6 is 11.3 Å². The van der Waals surface area contributed by atoms with Gasteiger partial charge in [0.2, 0.25) is 10.0 Å². The van der Waals surface area contributed by atoms with Crippen molar-refractivity contribution in [1.82, 2.24) is 20.9 Å². The van der Waals surface area contributed by atoms with Gasteiger partial charge in [0, 0.05) is 17.0 Å². The van der Waals surface area contributed by atoms with Crippen molar-refractivity contribution in [2.24, 2.45) is 0 Å². The Morgan fingerprint density at radius 1 is 0.879 bits per heavy atom. The lowest BCUT2D eigenvalue weighted by molar-refractivity contribution is -0.120. The summed E-state index contributed by atoms with van der Waals surface area (Å²) in [7, 11) is -3.85. The molecule has 11 heteroatoms. The quantitative estimate of drug-likeness (QED) is 0.360. The molecule has 0 aliphatic heterocycles. The number of hydrogen-bond acceptors (Lipinski definition) is 6. The van der Waals surface area contributed by atoms with Gasteiger partial charge < -0.3 is 5.32 Å². The largest absolute Gasteiger partial charge is 0.342 e. The first-order valence-corrected chi connectivity index (χ1v) is 12.1. The molecule has 0 saturated carbocycles. The van der Waals surface area contributed by atoms with Crippen molar-refractivity contribution in [1.29, 1.82) is 0 Å². The second kappa shape index (κ2) is 10.9. The van der Waals surface area contributed by atoms with Crippen LogP contribution in [0.15, 0.2) is 71.6 Å². The van der Waals surface area contributed by atoms with Gasteiger partial charge in [-0.05, 0) is 42.8 Å². The monoisotopic (exact) mass is 486 g/mol. The minimum absolute atomic E-state index is 0.0379. The normalized spacial score (nSPS) is 10.9. The topological polar surface area (TPSA) is 133 Å². The number of hydrogen-bond donors (Lipinski definition) is 4. The summed E-state index contributed by atoms with van der Waals surface area (Å²) < 4.78 is 27.6. The summed E-state index contributed by atoms with van der Waals surface area (Å²) in [6.45, 7) is 1.63. The third-order valence-electron chi connectivity index (χ3n) is 4.40. The molecule has 3 aromatic rings. The number of hydrazine groups is 1. The number of sulfonamides is 1. The second-order valence-corrected chi connectivity index (χ2v) is 9.99. The van der Waals surface area contributed by atoms with E-state index in [1.165, 1.54) is 35.6 Å². The minimum atomic E-state index is -3.85. The number of thiophene rings is 1. The van der Waals surface area contributed by atoms with Crippen molar-refractivity contribution in [2.75, 3.05) is 6.54 Å². The van der Waals surface area contributed by atoms with E-state index in [9.17, 15) is 22.8 Å². The van der Waals surface area contributed by atoms with E-state index >= 15 is 0 Å². The molecule has 172 valence electrons. The van der Waals surface area contributed by atoms with Crippen molar-refractivity contribution in [3.8, 4) is 0 Å². The van der Waals surface area contributed by atoms with Gasteiger partial charge in [0.15, 0.2) is 0 Å². The molecule has 0 unspecified atom stereocenters. The summed E-state index contributed by atoms with van der Waals surface area (Å²) in [6, 6.07) is 17.9. The van der Waals surface area contributed by atoms with Crippen molar-refractivity contribution < 1.29 is 22.8 Å². The predicted molar refractivity (Wildman–Crippen MR) is 124 cm³/mol. The third kappa shape index (κ3) is 6.97. The summed E-state index contributed by atoms with van der Waals surface area (Å²) in [5.74, 6) is -1.74. The lowest BCUT2D eigenvalue weighted by Crippen LogP contribution is -2.46. The van der Waals surface area contributed by atoms with Crippen LogP contribution in [0.3, 0.4) is 0 Å². The SMILES string of the molecule is Cc1ccc(C(=O)NCC(=O)NNC(=O)c2cccc(S(=O)(=O)NCc3ccccc3)c2)s1. The van der Waals surface area contributed by atoms with Crippen LogP contribution in [-0.2, 0) is 21.4 Å². The molecule has 0 aliphatic carbocycles. The van der Waals surface area contributed by atoms with Crippen molar-refractivity contribution >= 4 is 39.1 Å². The Morgan fingerprint density at radius 2 is 1.64 bits per heavy atom. The van der Waals surface area contributed by atoms with Gasteiger partial charge in [0.1, 0.15) is 0 Å². The lowest BCUT2D eigenvalue weighted by atomic mass is 10.2. The van der Waals surface area contributed by atoms with Crippen LogP contribution in [0.5, 0.6) is 0 Å². The summed E-state index contributed by atoms with van der Waals surface area (Å²) in [5, 5.41) is 2.45. The number of aryl methyl sites for hydroxylation is 1. The smallest absolute Gasteiger partial charge is 0.269 e. The molecule has 0 spiro atoms. The van der Waals surface area contributed by atoms with Crippen LogP contribution in [0, 0.1) is 6.92 Å². The molecule has 3 rings (SSSR count). The predicted octanol–water partition coefficient (Wildman–Crippen LogP) is 1.73. The summed E-state index contributed by atoms with van der Waals surface area (Å²) in [6.07, 6.45) is 0. The zero-order valence-corrected chi connectivity index (χ0v) is 19.3. The molecule has 0 bridgehead atoms. The fourth-order valence-electron chi connectivity index (χ4n) is 2.71. The molecule has 0 atom stereocenters. The molecular weight excluding hydrogens is 464 g/mol. The highest BCUT2D eigenvalue weighted by Gasteiger charge is 2.17. The Bertz CT molecular complexity index is 1260. The van der Waals surface area contributed by atoms with Gasteiger partial charge >= 0.3 is 0 Å². The molecule has 3 amide bonds. The molecule has 0 aliphatic rings. The van der Waals surface area contributed by atoms with Gasteiger partial charge in [-0.25, -0.2) is 13.1 Å². The summed E-state index contributed by atoms with van der Waals surface area (Å²) >= 11 is 1.30. The van der Waals surface area contributed by atoms with E-state index in [1.54, 1.807) is 36.4 Å². The standard InChI is InChI=1S/C22H22N4O5S2/c1-15-10-11-19(32-15)22(29)23-14-20(27)25-26-21(28)17-8-5-9-18(12-17)33(30,31)24-13-16-6-3-2-4-7-16/h2-12,24H,13-14H2,1H3,(H,23,29)(H,25,27)(H,26,28). The molecule has 33 heavy (non-hydrogen) atoms. The van der Waals surface area contributed by atoms with Gasteiger partial charge in [0.25, 0.3) is 17.7 Å². The molecule has 0 fully saturated rings. The van der Waals surface area contributed by atoms with E-state index in [-0.39, 0.29) is 23.5 Å². The number of nitrogens with one attached hydrogen (secondary N) is 4. The van der Waals surface area contributed by atoms with Gasteiger partial charge in [-0.2, -0.15) is 0 Å². The number of amides is 3. The maximum atomic E-state index is 12.6. The number of benzene rings is 2. The van der Waals surface area contributed by atoms with Crippen molar-refractivity contribution in [3.63, 3.8) is 0 Å². The van der Waals surface area contributed by atoms with Gasteiger partial charge in [-0.3, -0.25) is 25.2 Å². The number of rotatable bonds is 8. The van der Waals surface area contributed by atoms with E-state index in [4.69, 9.17) is 0 Å². The van der Waals surface area contributed by atoms with Gasteiger partial charge in [0.05, 0.1) is 16.3 Å². The molecule has 0 radical (unpaired) electrons. The maximum absolute atomic E-state index is 12.6. The average Bonchev–Trinajstić information content (AvgIpc) is 3.27. The minimum Gasteiger partial charge on any atom is -0.342 e. The maximum Gasteiger partial charge on any atom is 0.269 e. The molecule has 9 nitrogen and oxygen atoms in total. The van der Waals surface area contributed by atoms with Crippen LogP contribution in [0.4, 0.5) is 0 Å². The molecule has 2 aromatic carbocycles. The van der Waals surface area contributed by atoms with E-state index in [1.807, 2.05) is 13.0 Å². The fraction of sp³-hybridized carbons (Fsp3) is 0.136. The Hall–Kier alpha value is -3.54. The van der Waals surface area contributed by atoms with Crippen molar-refractivity contribution in [3.05, 3.63) is 87.6 Å². The van der Waals surface area contributed by atoms with E-state index in [0.29, 0.717) is 4.88 Å². The van der Waals surface area contributed by atoms with E-state index < -0.39 is 27.7 Å². The highest BCUT2D eigenvalue weighted by atomic mass is 32.2. The summed E-state index contributed by atoms with van der Waals surface area (Å²) in [5.41, 5.74) is 5.21. The molecule has 0 saturated heterocycles. The first kappa shape index (κ1) is 24.1. The Balaban J connectivity index is 1.52. The first-order valence-electron chi connectivity index (χ1n) is 9.82. The van der Waals surface area contributed by atoms with Crippen LogP contribution in [0.25, 0.3) is 0 Å². The molecular formula is C22H22N4O5S2. The zero-order chi connectivity index (χ0) is 23.8. The van der Waals surface area contributed by atoms with Crippen LogP contribution in [0.2, 0.25) is 0 Å². The second-order valence-electron chi connectivity index (χ2n) is 6.93. The average molecular weight is 487 g/mol. The summed E-state index contributed by atoms with van der Waals surface area (Å²) in [4.78, 5) is 37.6. The highest BCUT2D eigenvalue weighted by molar-refractivity contribution is 7.89. The van der Waals surface area contributed by atoms with Crippen LogP contribution in [0.1, 0.15) is 30.5 Å². The van der Waals surface area contributed by atoms with Crippen LogP contribution < -0.4 is 20.9 Å². The Labute approximate surface area is 195 Å². The Morgan fingerprint density at radius 3 is 2.33 bits per heavy atom. The molecule has 1 heterocycles. The third-order valence-corrected chi connectivity index (χ3v) is 6.80. The first-order chi connectivity index (χ1) is 15.7. The van der Waals surface area contributed by atoms with Crippen molar-refractivity contribution in [2.45, 2.75) is 18.4 Å². The lowest BCUT2D eigenvalue weighted by Gasteiger charge is -2.10. The highest BCUT2D eigenvalue weighted by Crippen LogP contribution is 2.14. The molecule has 4 N–H and O–H groups in total. The molecule has 1 aromatic heterocycles. The van der Waals surface area contributed by atoms with Gasteiger partial charge in [-0.1, -0.05) is 36.4 Å². The van der Waals surface area contributed by atoms with E-state index in [2.05, 4.69) is 20.9 Å². The van der Waals surface area contributed by atoms with E-state index in [0.717, 1.165) is 10.4 Å². The van der Waals surface area contributed by atoms with Gasteiger partial charge in [-0.15, -0.1) is 11.3 Å². The fourth-order valence-corrected chi connectivity index (χ4v) is 4.56. The zero-order valence-electron chi connectivity index (χ0n) is 17.6. The number of carbonyl (C=O) groups excluding carboxylic acids is 3. The van der Waals surface area contributed by atoms with Crippen LogP contribution in [-0.4, -0.2) is 32.7 Å². The Kier molecular flexibility index (Phi) is 7.93.